The monoisotopic (exact) mass is 439 g/mol. The number of carbonyl (C=O) groups excluding carboxylic acids is 1. The summed E-state index contributed by atoms with van der Waals surface area (Å²) >= 11 is 0. The average Bonchev–Trinajstić information content (AvgIpc) is 3.32. The molecule has 1 N–H and O–H groups in total. The van der Waals surface area contributed by atoms with Gasteiger partial charge in [0.15, 0.2) is 6.04 Å². The van der Waals surface area contributed by atoms with Crippen molar-refractivity contribution < 1.29 is 22.5 Å². The van der Waals surface area contributed by atoms with Crippen molar-refractivity contribution in [3.05, 3.63) is 29.3 Å². The molecule has 10 heteroatoms. The molecule has 1 fully saturated rings. The molecule has 1 amide bonds. The van der Waals surface area contributed by atoms with Crippen molar-refractivity contribution in [2.45, 2.75) is 70.6 Å². The van der Waals surface area contributed by atoms with Crippen LogP contribution in [0, 0.1) is 12.8 Å². The molecular formula is C21H28F3N5O2. The van der Waals surface area contributed by atoms with Crippen molar-refractivity contribution in [3.8, 4) is 0 Å². The molecule has 4 heterocycles. The number of likely N-dealkylation sites (tertiary alicyclic amines) is 1. The minimum absolute atomic E-state index is 0.0344. The first-order valence-corrected chi connectivity index (χ1v) is 10.6. The fourth-order valence-corrected chi connectivity index (χ4v) is 4.40. The predicted molar refractivity (Wildman–Crippen MR) is 108 cm³/mol. The van der Waals surface area contributed by atoms with Gasteiger partial charge in [0.2, 0.25) is 5.76 Å². The van der Waals surface area contributed by atoms with Crippen molar-refractivity contribution in [2.75, 3.05) is 18.4 Å². The summed E-state index contributed by atoms with van der Waals surface area (Å²) in [6.45, 7) is 8.50. The van der Waals surface area contributed by atoms with Gasteiger partial charge in [-0.1, -0.05) is 25.9 Å². The van der Waals surface area contributed by atoms with Gasteiger partial charge in [-0.3, -0.25) is 4.79 Å². The molecule has 4 rings (SSSR count). The molecule has 170 valence electrons. The number of hydrogen-bond donors (Lipinski definition) is 1. The van der Waals surface area contributed by atoms with Crippen LogP contribution in [-0.2, 0) is 5.41 Å². The number of anilines is 1. The Balaban J connectivity index is 1.48. The highest BCUT2D eigenvalue weighted by Gasteiger charge is 2.48. The van der Waals surface area contributed by atoms with Gasteiger partial charge in [-0.15, -0.1) is 0 Å². The lowest BCUT2D eigenvalue weighted by Crippen LogP contribution is -2.47. The number of nitrogens with one attached hydrogen (secondary N) is 1. The molecule has 31 heavy (non-hydrogen) atoms. The quantitative estimate of drug-likeness (QED) is 0.754. The number of aromatic nitrogens is 3. The second-order valence-corrected chi connectivity index (χ2v) is 9.62. The van der Waals surface area contributed by atoms with Crippen molar-refractivity contribution in [3.63, 3.8) is 0 Å². The summed E-state index contributed by atoms with van der Waals surface area (Å²) in [7, 11) is 0. The third-order valence-electron chi connectivity index (χ3n) is 6.22. The van der Waals surface area contributed by atoms with E-state index in [4.69, 9.17) is 4.52 Å². The molecule has 2 atom stereocenters. The van der Waals surface area contributed by atoms with Crippen LogP contribution in [0.15, 0.2) is 16.7 Å². The summed E-state index contributed by atoms with van der Waals surface area (Å²) in [5.74, 6) is 0.422. The number of amides is 1. The van der Waals surface area contributed by atoms with Crippen LogP contribution in [-0.4, -0.2) is 51.1 Å². The van der Waals surface area contributed by atoms with Crippen LogP contribution in [0.1, 0.15) is 68.0 Å². The maximum atomic E-state index is 13.9. The fraction of sp³-hybridized carbons (Fsp3) is 0.667. The SMILES string of the molecule is Cc1cc(C(=O)N2CCC([C@@H]3C[C@H](C(F)(F)F)n4nc(C(C)(C)C)cc4N3)CC2)on1. The van der Waals surface area contributed by atoms with E-state index in [1.165, 1.54) is 0 Å². The highest BCUT2D eigenvalue weighted by atomic mass is 19.4. The number of nitrogens with zero attached hydrogens (tertiary/aromatic N) is 4. The number of piperidine rings is 1. The average molecular weight is 439 g/mol. The second kappa shape index (κ2) is 7.56. The van der Waals surface area contributed by atoms with Gasteiger partial charge in [-0.25, -0.2) is 4.68 Å². The predicted octanol–water partition coefficient (Wildman–Crippen LogP) is 4.32. The number of rotatable bonds is 2. The van der Waals surface area contributed by atoms with E-state index in [0.717, 1.165) is 4.68 Å². The van der Waals surface area contributed by atoms with E-state index >= 15 is 0 Å². The first-order chi connectivity index (χ1) is 14.4. The van der Waals surface area contributed by atoms with Crippen molar-refractivity contribution in [2.24, 2.45) is 5.92 Å². The van der Waals surface area contributed by atoms with Crippen molar-refractivity contribution >= 4 is 11.7 Å². The van der Waals surface area contributed by atoms with E-state index < -0.39 is 12.2 Å². The number of carbonyl (C=O) groups is 1. The number of alkyl halides is 3. The molecule has 0 unspecified atom stereocenters. The number of halogens is 3. The fourth-order valence-electron chi connectivity index (χ4n) is 4.40. The molecule has 0 aliphatic carbocycles. The molecule has 2 aromatic heterocycles. The zero-order valence-electron chi connectivity index (χ0n) is 18.2. The molecule has 1 saturated heterocycles. The standard InChI is InChI=1S/C21H28F3N5O2/c1-12-9-15(31-27-12)19(30)28-7-5-13(6-8-28)14-10-17(21(22,23)24)29-18(25-14)11-16(26-29)20(2,3)4/h9,11,13-14,17,25H,5-8,10H2,1-4H3/t14-,17+/m0/s1. The van der Waals surface area contributed by atoms with Crippen LogP contribution in [0.3, 0.4) is 0 Å². The third-order valence-corrected chi connectivity index (χ3v) is 6.22. The lowest BCUT2D eigenvalue weighted by Gasteiger charge is -2.40. The topological polar surface area (TPSA) is 76.2 Å². The maximum Gasteiger partial charge on any atom is 0.410 e. The highest BCUT2D eigenvalue weighted by Crippen LogP contribution is 2.43. The van der Waals surface area contributed by atoms with E-state index in [1.807, 2.05) is 20.8 Å². The Morgan fingerprint density at radius 1 is 1.19 bits per heavy atom. The molecule has 2 aliphatic heterocycles. The van der Waals surface area contributed by atoms with E-state index in [0.29, 0.717) is 43.1 Å². The third kappa shape index (κ3) is 4.29. The summed E-state index contributed by atoms with van der Waals surface area (Å²) in [5, 5.41) is 11.3. The molecule has 2 aromatic rings. The Morgan fingerprint density at radius 2 is 1.87 bits per heavy atom. The minimum atomic E-state index is -4.38. The smallest absolute Gasteiger partial charge is 0.367 e. The van der Waals surface area contributed by atoms with Gasteiger partial charge in [-0.2, -0.15) is 18.3 Å². The summed E-state index contributed by atoms with van der Waals surface area (Å²) in [6.07, 6.45) is -3.19. The largest absolute Gasteiger partial charge is 0.410 e. The Hall–Kier alpha value is -2.52. The zero-order chi connectivity index (χ0) is 22.6. The van der Waals surface area contributed by atoms with Crippen LogP contribution in [0.25, 0.3) is 0 Å². The van der Waals surface area contributed by atoms with Gasteiger partial charge in [0.1, 0.15) is 5.82 Å². The Kier molecular flexibility index (Phi) is 5.29. The molecular weight excluding hydrogens is 411 g/mol. The van der Waals surface area contributed by atoms with Crippen LogP contribution >= 0.6 is 0 Å². The van der Waals surface area contributed by atoms with Gasteiger partial charge in [-0.05, 0) is 32.1 Å². The van der Waals surface area contributed by atoms with E-state index in [2.05, 4.69) is 15.6 Å². The van der Waals surface area contributed by atoms with Crippen LogP contribution in [0.2, 0.25) is 0 Å². The van der Waals surface area contributed by atoms with E-state index in [9.17, 15) is 18.0 Å². The molecule has 0 radical (unpaired) electrons. The van der Waals surface area contributed by atoms with Gasteiger partial charge in [0.05, 0.1) is 11.4 Å². The number of fused-ring (bicyclic) bond motifs is 1. The molecule has 0 aromatic carbocycles. The Morgan fingerprint density at radius 3 is 2.42 bits per heavy atom. The molecule has 2 aliphatic rings. The van der Waals surface area contributed by atoms with E-state index in [-0.39, 0.29) is 35.5 Å². The van der Waals surface area contributed by atoms with Crippen molar-refractivity contribution in [1.82, 2.24) is 19.8 Å². The lowest BCUT2D eigenvalue weighted by molar-refractivity contribution is -0.174. The second-order valence-electron chi connectivity index (χ2n) is 9.62. The van der Waals surface area contributed by atoms with Gasteiger partial charge >= 0.3 is 6.18 Å². The summed E-state index contributed by atoms with van der Waals surface area (Å²) < 4.78 is 47.8. The molecule has 0 spiro atoms. The van der Waals surface area contributed by atoms with Gasteiger partial charge < -0.3 is 14.7 Å². The minimum Gasteiger partial charge on any atom is -0.367 e. The molecule has 7 nitrogen and oxygen atoms in total. The highest BCUT2D eigenvalue weighted by molar-refractivity contribution is 5.91. The summed E-state index contributed by atoms with van der Waals surface area (Å²) in [4.78, 5) is 14.2. The number of hydrogen-bond acceptors (Lipinski definition) is 5. The molecule has 0 saturated carbocycles. The van der Waals surface area contributed by atoms with Crippen LogP contribution < -0.4 is 5.32 Å². The summed E-state index contributed by atoms with van der Waals surface area (Å²) in [6, 6.07) is 1.35. The summed E-state index contributed by atoms with van der Waals surface area (Å²) in [5.41, 5.74) is 0.921. The first kappa shape index (κ1) is 21.7. The Bertz CT molecular complexity index is 951. The lowest BCUT2D eigenvalue weighted by atomic mass is 9.84. The van der Waals surface area contributed by atoms with Gasteiger partial charge in [0.25, 0.3) is 5.91 Å². The van der Waals surface area contributed by atoms with Crippen molar-refractivity contribution in [1.29, 1.82) is 0 Å². The normalized spacial score (nSPS) is 22.9. The van der Waals surface area contributed by atoms with Gasteiger partial charge in [0, 0.05) is 36.7 Å². The zero-order valence-corrected chi connectivity index (χ0v) is 18.2. The van der Waals surface area contributed by atoms with Crippen LogP contribution in [0.5, 0.6) is 0 Å². The first-order valence-electron chi connectivity index (χ1n) is 10.6. The van der Waals surface area contributed by atoms with Crippen LogP contribution in [0.4, 0.5) is 19.0 Å². The molecule has 0 bridgehead atoms. The van der Waals surface area contributed by atoms with E-state index in [1.54, 1.807) is 24.0 Å². The maximum absolute atomic E-state index is 13.9. The Labute approximate surface area is 178 Å². The number of aryl methyl sites for hydroxylation is 1.